The third-order valence-electron chi connectivity index (χ3n) is 5.02. The summed E-state index contributed by atoms with van der Waals surface area (Å²) in [5.74, 6) is -0.0666. The van der Waals surface area contributed by atoms with Crippen molar-refractivity contribution >= 4 is 29.2 Å². The lowest BCUT2D eigenvalue weighted by atomic mass is 10.1. The fourth-order valence-electron chi connectivity index (χ4n) is 3.33. The highest BCUT2D eigenvalue weighted by Gasteiger charge is 2.23. The van der Waals surface area contributed by atoms with Crippen molar-refractivity contribution in [1.82, 2.24) is 14.3 Å². The molecule has 8 nitrogen and oxygen atoms in total. The number of aryl methyl sites for hydroxylation is 1. The number of morpholine rings is 1. The van der Waals surface area contributed by atoms with Crippen LogP contribution in [0.3, 0.4) is 0 Å². The summed E-state index contributed by atoms with van der Waals surface area (Å²) >= 11 is 5.95. The standard InChI is InChI=1S/C23H19ClN4O4/c1-15-3-2-8-28-20(15)26-21(32-18-6-4-17(24)5-7-18)19(23(28)30)13-16(14-25)22(29)27-9-11-31-12-10-27/h2-8,13H,9-12H2,1H3. The van der Waals surface area contributed by atoms with E-state index in [1.54, 1.807) is 36.5 Å². The summed E-state index contributed by atoms with van der Waals surface area (Å²) in [6.07, 6.45) is 2.82. The molecule has 0 N–H and O–H groups in total. The number of halogens is 1. The van der Waals surface area contributed by atoms with Crippen LogP contribution in [0.4, 0.5) is 0 Å². The van der Waals surface area contributed by atoms with E-state index in [0.29, 0.717) is 42.7 Å². The molecule has 32 heavy (non-hydrogen) atoms. The van der Waals surface area contributed by atoms with Crippen LogP contribution in [0.5, 0.6) is 11.6 Å². The number of fused-ring (bicyclic) bond motifs is 1. The Kier molecular flexibility index (Phi) is 6.21. The maximum atomic E-state index is 13.3. The topological polar surface area (TPSA) is 96.9 Å². The number of pyridine rings is 1. The van der Waals surface area contributed by atoms with Gasteiger partial charge in [-0.3, -0.25) is 14.0 Å². The Morgan fingerprint density at radius 1 is 1.25 bits per heavy atom. The van der Waals surface area contributed by atoms with Gasteiger partial charge in [0.15, 0.2) is 0 Å². The molecule has 2 aromatic heterocycles. The van der Waals surface area contributed by atoms with E-state index >= 15 is 0 Å². The van der Waals surface area contributed by atoms with E-state index in [9.17, 15) is 14.9 Å². The lowest BCUT2D eigenvalue weighted by molar-refractivity contribution is -0.130. The van der Waals surface area contributed by atoms with Gasteiger partial charge < -0.3 is 14.4 Å². The molecular formula is C23H19ClN4O4. The predicted molar refractivity (Wildman–Crippen MR) is 119 cm³/mol. The van der Waals surface area contributed by atoms with Gasteiger partial charge in [-0.2, -0.15) is 10.2 Å². The number of hydrogen-bond acceptors (Lipinski definition) is 6. The minimum Gasteiger partial charge on any atom is -0.438 e. The molecule has 0 spiro atoms. The van der Waals surface area contributed by atoms with E-state index in [4.69, 9.17) is 21.1 Å². The molecule has 1 aliphatic heterocycles. The molecule has 1 fully saturated rings. The summed E-state index contributed by atoms with van der Waals surface area (Å²) in [5, 5.41) is 10.2. The Hall–Kier alpha value is -3.67. The van der Waals surface area contributed by atoms with Crippen molar-refractivity contribution < 1.29 is 14.3 Å². The molecule has 0 bridgehead atoms. The minimum absolute atomic E-state index is 0.00112. The van der Waals surface area contributed by atoms with Crippen LogP contribution in [0.15, 0.2) is 53.0 Å². The summed E-state index contributed by atoms with van der Waals surface area (Å²) in [5.41, 5.74) is 0.549. The lowest BCUT2D eigenvalue weighted by Gasteiger charge is -2.26. The van der Waals surface area contributed by atoms with Crippen LogP contribution in [-0.2, 0) is 9.53 Å². The molecule has 3 aromatic rings. The Morgan fingerprint density at radius 3 is 2.66 bits per heavy atom. The SMILES string of the molecule is Cc1cccn2c(=O)c(C=C(C#N)C(=O)N3CCOCC3)c(Oc3ccc(Cl)cc3)nc12. The molecule has 1 aromatic carbocycles. The first-order valence-corrected chi connectivity index (χ1v) is 10.3. The van der Waals surface area contributed by atoms with Crippen molar-refractivity contribution in [3.05, 3.63) is 74.7 Å². The number of carbonyl (C=O) groups excluding carboxylic acids is 1. The quantitative estimate of drug-likeness (QED) is 0.447. The number of ether oxygens (including phenoxy) is 2. The zero-order chi connectivity index (χ0) is 22.7. The molecule has 1 amide bonds. The van der Waals surface area contributed by atoms with Crippen LogP contribution in [0.25, 0.3) is 11.7 Å². The van der Waals surface area contributed by atoms with E-state index in [0.717, 1.165) is 5.56 Å². The lowest BCUT2D eigenvalue weighted by Crippen LogP contribution is -2.41. The number of amides is 1. The van der Waals surface area contributed by atoms with Crippen molar-refractivity contribution in [3.63, 3.8) is 0 Å². The number of aromatic nitrogens is 2. The van der Waals surface area contributed by atoms with Crippen molar-refractivity contribution in [2.45, 2.75) is 6.92 Å². The molecule has 162 valence electrons. The summed E-state index contributed by atoms with van der Waals surface area (Å²) in [4.78, 5) is 32.2. The van der Waals surface area contributed by atoms with Crippen LogP contribution >= 0.6 is 11.6 Å². The molecule has 0 unspecified atom stereocenters. The second kappa shape index (κ2) is 9.22. The average molecular weight is 451 g/mol. The second-order valence-corrected chi connectivity index (χ2v) is 7.59. The molecule has 4 rings (SSSR count). The van der Waals surface area contributed by atoms with Crippen LogP contribution < -0.4 is 10.3 Å². The van der Waals surface area contributed by atoms with Gasteiger partial charge in [0.25, 0.3) is 11.5 Å². The van der Waals surface area contributed by atoms with Crippen molar-refractivity contribution in [3.8, 4) is 17.7 Å². The highest BCUT2D eigenvalue weighted by Crippen LogP contribution is 2.26. The van der Waals surface area contributed by atoms with Crippen molar-refractivity contribution in [1.29, 1.82) is 5.26 Å². The zero-order valence-electron chi connectivity index (χ0n) is 17.2. The maximum Gasteiger partial charge on any atom is 0.269 e. The van der Waals surface area contributed by atoms with Gasteiger partial charge in [-0.05, 0) is 48.9 Å². The second-order valence-electron chi connectivity index (χ2n) is 7.15. The van der Waals surface area contributed by atoms with Gasteiger partial charge >= 0.3 is 0 Å². The molecular weight excluding hydrogens is 432 g/mol. The maximum absolute atomic E-state index is 13.3. The summed E-state index contributed by atoms with van der Waals surface area (Å²) in [6, 6.07) is 12.0. The third-order valence-corrected chi connectivity index (χ3v) is 5.27. The molecule has 0 radical (unpaired) electrons. The number of carbonyl (C=O) groups is 1. The molecule has 1 saturated heterocycles. The van der Waals surface area contributed by atoms with Crippen molar-refractivity contribution in [2.24, 2.45) is 0 Å². The van der Waals surface area contributed by atoms with E-state index < -0.39 is 11.5 Å². The first-order chi connectivity index (χ1) is 15.5. The highest BCUT2D eigenvalue weighted by molar-refractivity contribution is 6.30. The highest BCUT2D eigenvalue weighted by atomic mass is 35.5. The number of rotatable bonds is 4. The molecule has 0 atom stereocenters. The predicted octanol–water partition coefficient (Wildman–Crippen LogP) is 3.21. The Balaban J connectivity index is 1.85. The Bertz CT molecular complexity index is 1300. The zero-order valence-corrected chi connectivity index (χ0v) is 18.0. The van der Waals surface area contributed by atoms with E-state index in [1.807, 2.05) is 19.1 Å². The van der Waals surface area contributed by atoms with Gasteiger partial charge in [0.05, 0.1) is 13.2 Å². The molecule has 3 heterocycles. The first kappa shape index (κ1) is 21.6. The number of nitrogens with zero attached hydrogens (tertiary/aromatic N) is 4. The Labute approximate surface area is 188 Å². The van der Waals surface area contributed by atoms with Crippen LogP contribution in [0.1, 0.15) is 11.1 Å². The van der Waals surface area contributed by atoms with Crippen molar-refractivity contribution in [2.75, 3.05) is 26.3 Å². The summed E-state index contributed by atoms with van der Waals surface area (Å²) in [6.45, 7) is 3.37. The number of hydrogen-bond donors (Lipinski definition) is 0. The van der Waals surface area contributed by atoms with E-state index in [1.165, 1.54) is 15.4 Å². The first-order valence-electron chi connectivity index (χ1n) is 9.92. The van der Waals surface area contributed by atoms with Gasteiger partial charge in [0, 0.05) is 24.3 Å². The largest absolute Gasteiger partial charge is 0.438 e. The average Bonchev–Trinajstić information content (AvgIpc) is 2.81. The summed E-state index contributed by atoms with van der Waals surface area (Å²) < 4.78 is 12.5. The fraction of sp³-hybridized carbons (Fsp3) is 0.217. The monoisotopic (exact) mass is 450 g/mol. The van der Waals surface area contributed by atoms with Crippen LogP contribution in [-0.4, -0.2) is 46.5 Å². The van der Waals surface area contributed by atoms with Gasteiger partial charge in [-0.1, -0.05) is 17.7 Å². The molecule has 9 heteroatoms. The number of benzene rings is 1. The van der Waals surface area contributed by atoms with Gasteiger partial charge in [0.1, 0.15) is 28.6 Å². The van der Waals surface area contributed by atoms with Gasteiger partial charge in [-0.25, -0.2) is 0 Å². The van der Waals surface area contributed by atoms with Gasteiger partial charge in [0.2, 0.25) is 5.88 Å². The molecule has 1 aliphatic rings. The molecule has 0 aliphatic carbocycles. The third kappa shape index (κ3) is 4.35. The number of nitriles is 1. The van der Waals surface area contributed by atoms with Crippen LogP contribution in [0.2, 0.25) is 5.02 Å². The van der Waals surface area contributed by atoms with Gasteiger partial charge in [-0.15, -0.1) is 0 Å². The minimum atomic E-state index is -0.470. The Morgan fingerprint density at radius 2 is 1.97 bits per heavy atom. The molecule has 0 saturated carbocycles. The summed E-state index contributed by atoms with van der Waals surface area (Å²) in [7, 11) is 0. The van der Waals surface area contributed by atoms with E-state index in [-0.39, 0.29) is 17.0 Å². The van der Waals surface area contributed by atoms with E-state index in [2.05, 4.69) is 4.98 Å². The van der Waals surface area contributed by atoms with Crippen LogP contribution in [0, 0.1) is 18.3 Å². The smallest absolute Gasteiger partial charge is 0.269 e. The normalized spacial score (nSPS) is 14.3. The fourth-order valence-corrected chi connectivity index (χ4v) is 3.46.